The van der Waals surface area contributed by atoms with Gasteiger partial charge in [-0.2, -0.15) is 0 Å². The quantitative estimate of drug-likeness (QED) is 0.686. The van der Waals surface area contributed by atoms with Crippen LogP contribution >= 0.6 is 0 Å². The number of ether oxygens (including phenoxy) is 1. The van der Waals surface area contributed by atoms with Gasteiger partial charge in [0, 0.05) is 20.1 Å². The van der Waals surface area contributed by atoms with Gasteiger partial charge in [0.2, 0.25) is 5.91 Å². The Morgan fingerprint density at radius 2 is 2.00 bits per heavy atom. The lowest BCUT2D eigenvalue weighted by molar-refractivity contribution is -0.139. The van der Waals surface area contributed by atoms with Crippen molar-refractivity contribution in [3.63, 3.8) is 0 Å². The second kappa shape index (κ2) is 5.19. The van der Waals surface area contributed by atoms with Crippen molar-refractivity contribution in [1.82, 2.24) is 4.90 Å². The van der Waals surface area contributed by atoms with E-state index in [1.807, 2.05) is 20.8 Å². The maximum Gasteiger partial charge on any atom is 0.248 e. The molecule has 0 bridgehead atoms. The number of hydrogen-bond acceptors (Lipinski definition) is 3. The van der Waals surface area contributed by atoms with Gasteiger partial charge in [-0.15, -0.1) is 0 Å². The van der Waals surface area contributed by atoms with E-state index in [-0.39, 0.29) is 18.1 Å². The Morgan fingerprint density at radius 1 is 1.46 bits per heavy atom. The standard InChI is InChI=1S/C9H20N2O2/c1-9(2,3)13-7-8(12)11(4)6-5-10/h5-7,10H2,1-4H3. The van der Waals surface area contributed by atoms with Gasteiger partial charge >= 0.3 is 0 Å². The van der Waals surface area contributed by atoms with Crippen LogP contribution in [0.25, 0.3) is 0 Å². The lowest BCUT2D eigenvalue weighted by Gasteiger charge is -2.22. The van der Waals surface area contributed by atoms with Crippen LogP contribution in [-0.2, 0) is 9.53 Å². The number of nitrogens with two attached hydrogens (primary N) is 1. The maximum atomic E-state index is 11.3. The first kappa shape index (κ1) is 12.4. The van der Waals surface area contributed by atoms with Crippen LogP contribution in [0.5, 0.6) is 0 Å². The van der Waals surface area contributed by atoms with Crippen molar-refractivity contribution < 1.29 is 9.53 Å². The van der Waals surface area contributed by atoms with Crippen LogP contribution in [0.15, 0.2) is 0 Å². The molecule has 0 aromatic heterocycles. The van der Waals surface area contributed by atoms with Gasteiger partial charge in [0.15, 0.2) is 0 Å². The molecule has 0 unspecified atom stereocenters. The highest BCUT2D eigenvalue weighted by Gasteiger charge is 2.14. The van der Waals surface area contributed by atoms with Crippen LogP contribution in [0.4, 0.5) is 0 Å². The zero-order valence-corrected chi connectivity index (χ0v) is 8.96. The summed E-state index contributed by atoms with van der Waals surface area (Å²) in [6, 6.07) is 0. The highest BCUT2D eigenvalue weighted by molar-refractivity contribution is 5.77. The summed E-state index contributed by atoms with van der Waals surface area (Å²) in [6.07, 6.45) is 0. The zero-order valence-electron chi connectivity index (χ0n) is 8.96. The molecule has 4 nitrogen and oxygen atoms in total. The van der Waals surface area contributed by atoms with E-state index in [1.165, 1.54) is 0 Å². The number of carbonyl (C=O) groups excluding carboxylic acids is 1. The van der Waals surface area contributed by atoms with Gasteiger partial charge in [0.1, 0.15) is 6.61 Å². The molecule has 13 heavy (non-hydrogen) atoms. The summed E-state index contributed by atoms with van der Waals surface area (Å²) in [6.45, 7) is 6.94. The third kappa shape index (κ3) is 6.54. The molecule has 0 aliphatic carbocycles. The zero-order chi connectivity index (χ0) is 10.5. The average Bonchev–Trinajstić information content (AvgIpc) is 1.99. The maximum absolute atomic E-state index is 11.3. The Balaban J connectivity index is 3.74. The summed E-state index contributed by atoms with van der Waals surface area (Å²) < 4.78 is 5.33. The van der Waals surface area contributed by atoms with Gasteiger partial charge in [-0.1, -0.05) is 0 Å². The van der Waals surface area contributed by atoms with E-state index in [2.05, 4.69) is 0 Å². The van der Waals surface area contributed by atoms with Gasteiger partial charge < -0.3 is 15.4 Å². The summed E-state index contributed by atoms with van der Waals surface area (Å²) in [5.41, 5.74) is 5.05. The molecule has 0 aliphatic heterocycles. The molecule has 0 aromatic carbocycles. The van der Waals surface area contributed by atoms with Gasteiger partial charge in [-0.25, -0.2) is 0 Å². The van der Waals surface area contributed by atoms with Crippen LogP contribution in [0.3, 0.4) is 0 Å². The molecule has 0 aliphatic rings. The van der Waals surface area contributed by atoms with E-state index in [0.29, 0.717) is 13.1 Å². The molecule has 0 fully saturated rings. The fraction of sp³-hybridized carbons (Fsp3) is 0.889. The van der Waals surface area contributed by atoms with E-state index >= 15 is 0 Å². The Morgan fingerprint density at radius 3 is 2.38 bits per heavy atom. The SMILES string of the molecule is CN(CCN)C(=O)COC(C)(C)C. The lowest BCUT2D eigenvalue weighted by Crippen LogP contribution is -2.36. The largest absolute Gasteiger partial charge is 0.366 e. The van der Waals surface area contributed by atoms with Crippen molar-refractivity contribution in [2.24, 2.45) is 5.73 Å². The minimum absolute atomic E-state index is 0.0274. The molecule has 0 radical (unpaired) electrons. The molecule has 0 heterocycles. The Bertz CT molecular complexity index is 163. The van der Waals surface area contributed by atoms with Gasteiger partial charge in [0.25, 0.3) is 0 Å². The van der Waals surface area contributed by atoms with Crippen LogP contribution in [0.1, 0.15) is 20.8 Å². The number of nitrogens with zero attached hydrogens (tertiary/aromatic N) is 1. The van der Waals surface area contributed by atoms with Crippen molar-refractivity contribution in [2.75, 3.05) is 26.7 Å². The minimum Gasteiger partial charge on any atom is -0.366 e. The molecule has 0 atom stereocenters. The molecule has 78 valence electrons. The molecular weight excluding hydrogens is 168 g/mol. The second-order valence-corrected chi connectivity index (χ2v) is 4.01. The summed E-state index contributed by atoms with van der Waals surface area (Å²) in [7, 11) is 1.72. The summed E-state index contributed by atoms with van der Waals surface area (Å²) >= 11 is 0. The Kier molecular flexibility index (Phi) is 4.95. The smallest absolute Gasteiger partial charge is 0.248 e. The molecule has 0 saturated heterocycles. The molecule has 0 spiro atoms. The second-order valence-electron chi connectivity index (χ2n) is 4.01. The van der Waals surface area contributed by atoms with Crippen molar-refractivity contribution in [1.29, 1.82) is 0 Å². The molecule has 0 rings (SSSR count). The number of hydrogen-bond donors (Lipinski definition) is 1. The van der Waals surface area contributed by atoms with E-state index < -0.39 is 0 Å². The van der Waals surface area contributed by atoms with Gasteiger partial charge in [-0.3, -0.25) is 4.79 Å². The average molecular weight is 188 g/mol. The highest BCUT2D eigenvalue weighted by Crippen LogP contribution is 2.06. The van der Waals surface area contributed by atoms with Crippen LogP contribution < -0.4 is 5.73 Å². The fourth-order valence-corrected chi connectivity index (χ4v) is 0.707. The van der Waals surface area contributed by atoms with E-state index in [1.54, 1.807) is 11.9 Å². The van der Waals surface area contributed by atoms with Crippen molar-refractivity contribution in [3.8, 4) is 0 Å². The molecule has 0 aromatic rings. The van der Waals surface area contributed by atoms with Gasteiger partial charge in [-0.05, 0) is 20.8 Å². The third-order valence-electron chi connectivity index (χ3n) is 1.52. The fourth-order valence-electron chi connectivity index (χ4n) is 0.707. The predicted octanol–water partition coefficient (Wildman–Crippen LogP) is 0.219. The normalized spacial score (nSPS) is 11.5. The first-order valence-electron chi connectivity index (χ1n) is 4.45. The minimum atomic E-state index is -0.265. The van der Waals surface area contributed by atoms with Crippen molar-refractivity contribution >= 4 is 5.91 Å². The Hall–Kier alpha value is -0.610. The first-order valence-corrected chi connectivity index (χ1v) is 4.45. The summed E-state index contributed by atoms with van der Waals surface area (Å²) in [4.78, 5) is 12.9. The van der Waals surface area contributed by atoms with Gasteiger partial charge in [0.05, 0.1) is 5.60 Å². The molecule has 2 N–H and O–H groups in total. The predicted molar refractivity (Wildman–Crippen MR) is 52.4 cm³/mol. The molecule has 0 saturated carbocycles. The highest BCUT2D eigenvalue weighted by atomic mass is 16.5. The monoisotopic (exact) mass is 188 g/mol. The number of carbonyl (C=O) groups is 1. The molecule has 4 heteroatoms. The lowest BCUT2D eigenvalue weighted by atomic mass is 10.2. The number of likely N-dealkylation sites (N-methyl/N-ethyl adjacent to an activating group) is 1. The van der Waals surface area contributed by atoms with Crippen molar-refractivity contribution in [2.45, 2.75) is 26.4 Å². The van der Waals surface area contributed by atoms with E-state index in [4.69, 9.17) is 10.5 Å². The Labute approximate surface area is 80.0 Å². The van der Waals surface area contributed by atoms with Crippen LogP contribution in [0, 0.1) is 0 Å². The topological polar surface area (TPSA) is 55.6 Å². The number of amides is 1. The molecular formula is C9H20N2O2. The van der Waals surface area contributed by atoms with Crippen LogP contribution in [0.2, 0.25) is 0 Å². The van der Waals surface area contributed by atoms with Crippen LogP contribution in [-0.4, -0.2) is 43.2 Å². The third-order valence-corrected chi connectivity index (χ3v) is 1.52. The van der Waals surface area contributed by atoms with E-state index in [0.717, 1.165) is 0 Å². The van der Waals surface area contributed by atoms with E-state index in [9.17, 15) is 4.79 Å². The summed E-state index contributed by atoms with van der Waals surface area (Å²) in [5, 5.41) is 0. The summed E-state index contributed by atoms with van der Waals surface area (Å²) in [5.74, 6) is -0.0274. The number of rotatable bonds is 4. The van der Waals surface area contributed by atoms with Crippen molar-refractivity contribution in [3.05, 3.63) is 0 Å². The first-order chi connectivity index (χ1) is 5.87. The molecule has 1 amide bonds.